The van der Waals surface area contributed by atoms with Gasteiger partial charge in [0, 0.05) is 24.1 Å². The van der Waals surface area contributed by atoms with Crippen LogP contribution in [0.4, 0.5) is 10.1 Å². The van der Waals surface area contributed by atoms with E-state index in [0.29, 0.717) is 16.8 Å². The molecular formula is C19H17FN4O3. The molecule has 0 saturated heterocycles. The highest BCUT2D eigenvalue weighted by atomic mass is 19.1. The fraction of sp³-hybridized carbons (Fsp3) is 0.158. The molecule has 27 heavy (non-hydrogen) atoms. The van der Waals surface area contributed by atoms with E-state index in [1.54, 1.807) is 24.3 Å². The number of nitrogens with zero attached hydrogens (tertiary/aromatic N) is 2. The summed E-state index contributed by atoms with van der Waals surface area (Å²) in [4.78, 5) is 35.6. The SMILES string of the molecule is NC(=O)c1ccc(NC(=O)C2=NN(Cc3ccc(F)cc3)C(=O)CC2)cc1. The van der Waals surface area contributed by atoms with Crippen molar-refractivity contribution in [1.29, 1.82) is 0 Å². The number of nitrogens with one attached hydrogen (secondary N) is 1. The zero-order valence-electron chi connectivity index (χ0n) is 14.3. The first-order chi connectivity index (χ1) is 12.9. The molecule has 1 aliphatic rings. The summed E-state index contributed by atoms with van der Waals surface area (Å²) in [6, 6.07) is 11.9. The molecule has 3 amide bonds. The second-order valence-electron chi connectivity index (χ2n) is 6.02. The van der Waals surface area contributed by atoms with Crippen LogP contribution >= 0.6 is 0 Å². The van der Waals surface area contributed by atoms with Crippen molar-refractivity contribution in [3.8, 4) is 0 Å². The number of hydrogen-bond acceptors (Lipinski definition) is 4. The lowest BCUT2D eigenvalue weighted by molar-refractivity contribution is -0.132. The van der Waals surface area contributed by atoms with Gasteiger partial charge in [0.05, 0.1) is 6.54 Å². The number of benzene rings is 2. The quantitative estimate of drug-likeness (QED) is 0.844. The normalized spacial score (nSPS) is 13.9. The number of nitrogens with two attached hydrogens (primary N) is 1. The predicted molar refractivity (Wildman–Crippen MR) is 97.2 cm³/mol. The van der Waals surface area contributed by atoms with Gasteiger partial charge >= 0.3 is 0 Å². The topological polar surface area (TPSA) is 105 Å². The van der Waals surface area contributed by atoms with Gasteiger partial charge in [-0.05, 0) is 42.0 Å². The lowest BCUT2D eigenvalue weighted by Gasteiger charge is -2.23. The lowest BCUT2D eigenvalue weighted by atomic mass is 10.1. The maximum atomic E-state index is 13.0. The summed E-state index contributed by atoms with van der Waals surface area (Å²) in [5.74, 6) is -1.56. The molecule has 8 heteroatoms. The maximum absolute atomic E-state index is 13.0. The monoisotopic (exact) mass is 368 g/mol. The second kappa shape index (κ2) is 7.77. The number of anilines is 1. The molecule has 138 valence electrons. The van der Waals surface area contributed by atoms with Crippen molar-refractivity contribution in [1.82, 2.24) is 5.01 Å². The molecule has 0 fully saturated rings. The third kappa shape index (κ3) is 4.55. The van der Waals surface area contributed by atoms with Crippen molar-refractivity contribution in [3.05, 3.63) is 65.5 Å². The largest absolute Gasteiger partial charge is 0.366 e. The van der Waals surface area contributed by atoms with Crippen molar-refractivity contribution >= 4 is 29.1 Å². The van der Waals surface area contributed by atoms with Crippen molar-refractivity contribution in [2.45, 2.75) is 19.4 Å². The predicted octanol–water partition coefficient (Wildman–Crippen LogP) is 2.04. The Kier molecular flexibility index (Phi) is 5.25. The highest BCUT2D eigenvalue weighted by Crippen LogP contribution is 2.16. The lowest BCUT2D eigenvalue weighted by Crippen LogP contribution is -2.36. The Labute approximate surface area is 154 Å². The van der Waals surface area contributed by atoms with E-state index in [1.165, 1.54) is 29.3 Å². The van der Waals surface area contributed by atoms with Crippen LogP contribution in [0, 0.1) is 5.82 Å². The molecule has 7 nitrogen and oxygen atoms in total. The summed E-state index contributed by atoms with van der Waals surface area (Å²) in [6.07, 6.45) is 0.387. The molecular weight excluding hydrogens is 351 g/mol. The fourth-order valence-corrected chi connectivity index (χ4v) is 2.57. The van der Waals surface area contributed by atoms with Crippen LogP contribution in [-0.2, 0) is 16.1 Å². The van der Waals surface area contributed by atoms with Gasteiger partial charge in [-0.3, -0.25) is 14.4 Å². The molecule has 0 spiro atoms. The van der Waals surface area contributed by atoms with Crippen molar-refractivity contribution in [3.63, 3.8) is 0 Å². The molecule has 0 atom stereocenters. The van der Waals surface area contributed by atoms with Crippen molar-refractivity contribution in [2.24, 2.45) is 10.8 Å². The minimum Gasteiger partial charge on any atom is -0.366 e. The summed E-state index contributed by atoms with van der Waals surface area (Å²) in [5.41, 5.74) is 6.92. The number of rotatable bonds is 5. The molecule has 0 aromatic heterocycles. The molecule has 0 radical (unpaired) electrons. The Bertz CT molecular complexity index is 908. The van der Waals surface area contributed by atoms with Crippen molar-refractivity contribution < 1.29 is 18.8 Å². The summed E-state index contributed by atoms with van der Waals surface area (Å²) in [5, 5.41) is 8.03. The summed E-state index contributed by atoms with van der Waals surface area (Å²) < 4.78 is 13.0. The molecule has 3 N–H and O–H groups in total. The summed E-state index contributed by atoms with van der Waals surface area (Å²) in [6.45, 7) is 0.156. The van der Waals surface area contributed by atoms with E-state index >= 15 is 0 Å². The smallest absolute Gasteiger partial charge is 0.271 e. The molecule has 2 aromatic carbocycles. The summed E-state index contributed by atoms with van der Waals surface area (Å²) in [7, 11) is 0. The Balaban J connectivity index is 1.70. The molecule has 1 heterocycles. The van der Waals surface area contributed by atoms with Gasteiger partial charge in [-0.15, -0.1) is 0 Å². The van der Waals surface area contributed by atoms with E-state index in [1.807, 2.05) is 0 Å². The Morgan fingerprint density at radius 2 is 1.74 bits per heavy atom. The van der Waals surface area contributed by atoms with Gasteiger partial charge in [0.15, 0.2) is 0 Å². The first-order valence-corrected chi connectivity index (χ1v) is 8.26. The Hall–Kier alpha value is -3.55. The molecule has 0 bridgehead atoms. The number of halogens is 1. The van der Waals surface area contributed by atoms with Gasteiger partial charge in [0.2, 0.25) is 11.8 Å². The number of carbonyl (C=O) groups excluding carboxylic acids is 3. The van der Waals surface area contributed by atoms with Crippen molar-refractivity contribution in [2.75, 3.05) is 5.32 Å². The third-order valence-corrected chi connectivity index (χ3v) is 4.04. The van der Waals surface area contributed by atoms with Gasteiger partial charge in [-0.2, -0.15) is 5.10 Å². The molecule has 0 aliphatic carbocycles. The van der Waals surface area contributed by atoms with Crippen LogP contribution in [0.25, 0.3) is 0 Å². The van der Waals surface area contributed by atoms with Gasteiger partial charge in [-0.25, -0.2) is 9.40 Å². The Morgan fingerprint density at radius 3 is 2.37 bits per heavy atom. The van der Waals surface area contributed by atoms with E-state index in [-0.39, 0.29) is 36.8 Å². The average Bonchev–Trinajstić information content (AvgIpc) is 2.65. The minimum atomic E-state index is -0.556. The average molecular weight is 368 g/mol. The number of hydrogen-bond donors (Lipinski definition) is 2. The third-order valence-electron chi connectivity index (χ3n) is 4.04. The fourth-order valence-electron chi connectivity index (χ4n) is 2.57. The van der Waals surface area contributed by atoms with Crippen LogP contribution in [0.15, 0.2) is 53.6 Å². The number of amides is 3. The van der Waals surface area contributed by atoms with Crippen LogP contribution in [0.5, 0.6) is 0 Å². The first-order valence-electron chi connectivity index (χ1n) is 8.26. The number of carbonyl (C=O) groups is 3. The zero-order valence-corrected chi connectivity index (χ0v) is 14.3. The number of hydrazone groups is 1. The van der Waals surface area contributed by atoms with Crippen LogP contribution in [0.3, 0.4) is 0 Å². The summed E-state index contributed by atoms with van der Waals surface area (Å²) >= 11 is 0. The van der Waals surface area contributed by atoms with E-state index in [9.17, 15) is 18.8 Å². The molecule has 3 rings (SSSR count). The molecule has 0 saturated carbocycles. The highest BCUT2D eigenvalue weighted by Gasteiger charge is 2.24. The van der Waals surface area contributed by atoms with Crippen LogP contribution in [0.1, 0.15) is 28.8 Å². The number of primary amides is 1. The van der Waals surface area contributed by atoms with Gasteiger partial charge in [-0.1, -0.05) is 12.1 Å². The molecule has 0 unspecified atom stereocenters. The van der Waals surface area contributed by atoms with E-state index in [0.717, 1.165) is 0 Å². The van der Waals surface area contributed by atoms with Crippen LogP contribution in [0.2, 0.25) is 0 Å². The molecule has 1 aliphatic heterocycles. The van der Waals surface area contributed by atoms with Gasteiger partial charge in [0.25, 0.3) is 5.91 Å². The van der Waals surface area contributed by atoms with E-state index < -0.39 is 11.8 Å². The van der Waals surface area contributed by atoms with E-state index in [4.69, 9.17) is 5.73 Å². The Morgan fingerprint density at radius 1 is 1.07 bits per heavy atom. The second-order valence-corrected chi connectivity index (χ2v) is 6.02. The van der Waals surface area contributed by atoms with Gasteiger partial charge < -0.3 is 11.1 Å². The standard InChI is InChI=1S/C19H17FN4O3/c20-14-5-1-12(2-6-14)11-24-17(25)10-9-16(23-24)19(27)22-15-7-3-13(4-8-15)18(21)26/h1-8H,9-11H2,(H2,21,26)(H,22,27). The minimum absolute atomic E-state index is 0.156. The van der Waals surface area contributed by atoms with Gasteiger partial charge in [0.1, 0.15) is 11.5 Å². The zero-order chi connectivity index (χ0) is 19.4. The highest BCUT2D eigenvalue weighted by molar-refractivity contribution is 6.43. The first kappa shape index (κ1) is 18.2. The maximum Gasteiger partial charge on any atom is 0.271 e. The molecule has 2 aromatic rings. The van der Waals surface area contributed by atoms with E-state index in [2.05, 4.69) is 10.4 Å². The van der Waals surface area contributed by atoms with Crippen LogP contribution < -0.4 is 11.1 Å². The van der Waals surface area contributed by atoms with Crippen LogP contribution in [-0.4, -0.2) is 28.4 Å².